The van der Waals surface area contributed by atoms with Crippen molar-refractivity contribution < 1.29 is 9.63 Å². The summed E-state index contributed by atoms with van der Waals surface area (Å²) in [5.74, 6) is 1.91. The highest BCUT2D eigenvalue weighted by Gasteiger charge is 2.37. The van der Waals surface area contributed by atoms with Gasteiger partial charge in [-0.15, -0.1) is 0 Å². The average molecular weight is 328 g/mol. The molecule has 6 nitrogen and oxygen atoms in total. The summed E-state index contributed by atoms with van der Waals surface area (Å²) in [5.41, 5.74) is 0.852. The molecule has 1 aliphatic heterocycles. The van der Waals surface area contributed by atoms with E-state index >= 15 is 0 Å². The molecular formula is C18H24N4O2. The molecule has 1 aliphatic carbocycles. The first-order chi connectivity index (χ1) is 11.8. The lowest BCUT2D eigenvalue weighted by Crippen LogP contribution is -2.31. The van der Waals surface area contributed by atoms with Crippen molar-refractivity contribution in [2.24, 2.45) is 5.92 Å². The molecular weight excluding hydrogens is 304 g/mol. The molecule has 1 saturated carbocycles. The largest absolute Gasteiger partial charge is 0.392 e. The normalized spacial score (nSPS) is 26.0. The summed E-state index contributed by atoms with van der Waals surface area (Å²) in [6, 6.07) is 3.81. The summed E-state index contributed by atoms with van der Waals surface area (Å²) >= 11 is 0. The van der Waals surface area contributed by atoms with Gasteiger partial charge in [-0.2, -0.15) is 4.98 Å². The van der Waals surface area contributed by atoms with E-state index in [1.807, 2.05) is 12.1 Å². The second-order valence-electron chi connectivity index (χ2n) is 7.06. The molecule has 24 heavy (non-hydrogen) atoms. The highest BCUT2D eigenvalue weighted by Crippen LogP contribution is 2.35. The van der Waals surface area contributed by atoms with Gasteiger partial charge in [-0.3, -0.25) is 9.88 Å². The van der Waals surface area contributed by atoms with Crippen LogP contribution in [0.1, 0.15) is 50.5 Å². The number of pyridine rings is 1. The Hall–Kier alpha value is -1.79. The average Bonchev–Trinajstić information content (AvgIpc) is 3.23. The molecule has 2 atom stereocenters. The van der Waals surface area contributed by atoms with E-state index in [2.05, 4.69) is 20.0 Å². The Balaban J connectivity index is 1.50. The number of hydrogen-bond acceptors (Lipinski definition) is 6. The van der Waals surface area contributed by atoms with Crippen molar-refractivity contribution in [2.75, 3.05) is 13.1 Å². The maximum Gasteiger partial charge on any atom is 0.244 e. The van der Waals surface area contributed by atoms with E-state index in [0.717, 1.165) is 18.0 Å². The van der Waals surface area contributed by atoms with Gasteiger partial charge in [0.1, 0.15) is 0 Å². The minimum atomic E-state index is -0.313. The van der Waals surface area contributed by atoms with E-state index in [-0.39, 0.29) is 12.1 Å². The van der Waals surface area contributed by atoms with Crippen LogP contribution in [0.4, 0.5) is 0 Å². The fourth-order valence-corrected chi connectivity index (χ4v) is 4.02. The van der Waals surface area contributed by atoms with Gasteiger partial charge in [0.15, 0.2) is 0 Å². The van der Waals surface area contributed by atoms with E-state index in [4.69, 9.17) is 4.52 Å². The number of rotatable bonds is 4. The molecule has 0 amide bonds. The van der Waals surface area contributed by atoms with Crippen LogP contribution in [0.15, 0.2) is 29.0 Å². The summed E-state index contributed by atoms with van der Waals surface area (Å²) in [6.07, 6.45) is 10.4. The van der Waals surface area contributed by atoms with Crippen LogP contribution in [-0.2, 0) is 0 Å². The van der Waals surface area contributed by atoms with Gasteiger partial charge in [0.05, 0.1) is 12.1 Å². The van der Waals surface area contributed by atoms with Gasteiger partial charge in [0.25, 0.3) is 0 Å². The Morgan fingerprint density at radius 2 is 2.12 bits per heavy atom. The fraction of sp³-hybridized carbons (Fsp3) is 0.611. The van der Waals surface area contributed by atoms with Crippen molar-refractivity contribution in [3.05, 3.63) is 30.4 Å². The topological polar surface area (TPSA) is 75.3 Å². The monoisotopic (exact) mass is 328 g/mol. The molecule has 2 aromatic rings. The summed E-state index contributed by atoms with van der Waals surface area (Å²) in [6.45, 7) is 1.72. The van der Waals surface area contributed by atoms with Crippen molar-refractivity contribution in [2.45, 2.75) is 50.7 Å². The third-order valence-electron chi connectivity index (χ3n) is 5.25. The lowest BCUT2D eigenvalue weighted by molar-refractivity contribution is 0.147. The molecule has 6 heteroatoms. The van der Waals surface area contributed by atoms with Crippen LogP contribution >= 0.6 is 0 Å². The second kappa shape index (κ2) is 6.99. The van der Waals surface area contributed by atoms with Gasteiger partial charge in [-0.05, 0) is 37.3 Å². The number of aliphatic hydroxyl groups excluding tert-OH is 1. The van der Waals surface area contributed by atoms with Crippen LogP contribution in [-0.4, -0.2) is 44.3 Å². The Labute approximate surface area is 141 Å². The number of hydrogen-bond donors (Lipinski definition) is 1. The smallest absolute Gasteiger partial charge is 0.244 e. The van der Waals surface area contributed by atoms with Gasteiger partial charge < -0.3 is 9.63 Å². The lowest BCUT2D eigenvalue weighted by atomic mass is 9.89. The molecule has 4 rings (SSSR count). The van der Waals surface area contributed by atoms with Crippen LogP contribution in [0.2, 0.25) is 0 Å². The highest BCUT2D eigenvalue weighted by atomic mass is 16.5. The summed E-state index contributed by atoms with van der Waals surface area (Å²) in [4.78, 5) is 11.0. The molecule has 2 aliphatic rings. The number of likely N-dealkylation sites (tertiary alicyclic amines) is 1. The van der Waals surface area contributed by atoms with Crippen molar-refractivity contribution in [3.63, 3.8) is 0 Å². The zero-order valence-electron chi connectivity index (χ0n) is 13.8. The zero-order valence-corrected chi connectivity index (χ0v) is 13.8. The Morgan fingerprint density at radius 3 is 2.92 bits per heavy atom. The van der Waals surface area contributed by atoms with Crippen LogP contribution in [0.25, 0.3) is 11.4 Å². The van der Waals surface area contributed by atoms with Crippen LogP contribution in [0.3, 0.4) is 0 Å². The molecule has 0 radical (unpaired) electrons. The molecule has 3 heterocycles. The summed E-state index contributed by atoms with van der Waals surface area (Å²) < 4.78 is 5.53. The molecule has 1 N–H and O–H groups in total. The Morgan fingerprint density at radius 1 is 1.25 bits per heavy atom. The predicted octanol–water partition coefficient (Wildman–Crippen LogP) is 2.82. The molecule has 128 valence electrons. The standard InChI is InChI=1S/C18H24N4O2/c23-15-9-16(22(12-15)11-13-5-2-1-3-6-13)18-20-17(21-24-18)14-7-4-8-19-10-14/h4,7-8,10,13,15-16,23H,1-3,5-6,9,11-12H2. The van der Waals surface area contributed by atoms with Gasteiger partial charge >= 0.3 is 0 Å². The van der Waals surface area contributed by atoms with Crippen LogP contribution in [0, 0.1) is 5.92 Å². The van der Waals surface area contributed by atoms with Crippen molar-refractivity contribution in [3.8, 4) is 11.4 Å². The van der Waals surface area contributed by atoms with E-state index in [0.29, 0.717) is 24.7 Å². The Bertz CT molecular complexity index is 654. The predicted molar refractivity (Wildman–Crippen MR) is 89.0 cm³/mol. The first-order valence-corrected chi connectivity index (χ1v) is 8.95. The molecule has 2 unspecified atom stereocenters. The van der Waals surface area contributed by atoms with E-state index in [9.17, 15) is 5.11 Å². The molecule has 1 saturated heterocycles. The summed E-state index contributed by atoms with van der Waals surface area (Å²) in [7, 11) is 0. The fourth-order valence-electron chi connectivity index (χ4n) is 4.02. The van der Waals surface area contributed by atoms with Crippen LogP contribution in [0.5, 0.6) is 0 Å². The van der Waals surface area contributed by atoms with Crippen molar-refractivity contribution in [1.82, 2.24) is 20.0 Å². The molecule has 0 spiro atoms. The maximum atomic E-state index is 10.1. The summed E-state index contributed by atoms with van der Waals surface area (Å²) in [5, 5.41) is 14.2. The van der Waals surface area contributed by atoms with Crippen molar-refractivity contribution >= 4 is 0 Å². The van der Waals surface area contributed by atoms with Gasteiger partial charge in [-0.25, -0.2) is 0 Å². The number of nitrogens with zero attached hydrogens (tertiary/aromatic N) is 4. The van der Waals surface area contributed by atoms with Gasteiger partial charge in [-0.1, -0.05) is 24.4 Å². The Kier molecular flexibility index (Phi) is 4.58. The number of aliphatic hydroxyl groups is 1. The molecule has 2 fully saturated rings. The van der Waals surface area contributed by atoms with Crippen LogP contribution < -0.4 is 0 Å². The van der Waals surface area contributed by atoms with Gasteiger partial charge in [0.2, 0.25) is 11.7 Å². The quantitative estimate of drug-likeness (QED) is 0.930. The lowest BCUT2D eigenvalue weighted by Gasteiger charge is -2.29. The maximum absolute atomic E-state index is 10.1. The van der Waals surface area contributed by atoms with E-state index in [1.165, 1.54) is 32.1 Å². The SMILES string of the molecule is OC1CC(c2nc(-c3cccnc3)no2)N(CC2CCCCC2)C1. The second-order valence-corrected chi connectivity index (χ2v) is 7.06. The van der Waals surface area contributed by atoms with E-state index < -0.39 is 0 Å². The molecule has 2 aromatic heterocycles. The molecule has 0 bridgehead atoms. The highest BCUT2D eigenvalue weighted by molar-refractivity contribution is 5.51. The first-order valence-electron chi connectivity index (χ1n) is 8.95. The minimum absolute atomic E-state index is 0.0276. The number of aromatic nitrogens is 3. The zero-order chi connectivity index (χ0) is 16.4. The van der Waals surface area contributed by atoms with E-state index in [1.54, 1.807) is 12.4 Å². The van der Waals surface area contributed by atoms with Crippen molar-refractivity contribution in [1.29, 1.82) is 0 Å². The third-order valence-corrected chi connectivity index (χ3v) is 5.25. The third kappa shape index (κ3) is 3.35. The van der Waals surface area contributed by atoms with Gasteiger partial charge in [0, 0.05) is 31.0 Å². The molecule has 0 aromatic carbocycles. The minimum Gasteiger partial charge on any atom is -0.392 e. The number of β-amino-alcohol motifs (C(OH)–C–C–N with tert-alkyl or cyclic N) is 1. The first kappa shape index (κ1) is 15.7.